The molecule has 0 aliphatic heterocycles. The number of hydrogen-bond acceptors (Lipinski definition) is 1. The molecule has 0 aliphatic rings. The van der Waals surface area contributed by atoms with Gasteiger partial charge >= 0.3 is 0 Å². The molecule has 1 nitrogen and oxygen atoms in total. The third kappa shape index (κ3) is 2.59. The molecule has 0 atom stereocenters. The van der Waals surface area contributed by atoms with Crippen molar-refractivity contribution >= 4 is 11.6 Å². The van der Waals surface area contributed by atoms with Gasteiger partial charge in [0.05, 0.1) is 5.88 Å². The van der Waals surface area contributed by atoms with E-state index >= 15 is 0 Å². The fraction of sp³-hybridized carbons (Fsp3) is 0.143. The number of benzene rings is 2. The number of para-hydroxylation sites is 1. The van der Waals surface area contributed by atoms with Gasteiger partial charge < -0.3 is 4.74 Å². The zero-order chi connectivity index (χ0) is 12.3. The Morgan fingerprint density at radius 2 is 1.76 bits per heavy atom. The molecule has 0 unspecified atom stereocenters. The van der Waals surface area contributed by atoms with Gasteiger partial charge in [-0.1, -0.05) is 30.3 Å². The van der Waals surface area contributed by atoms with Gasteiger partial charge in [-0.15, -0.1) is 11.6 Å². The van der Waals surface area contributed by atoms with Gasteiger partial charge in [-0.3, -0.25) is 0 Å². The van der Waals surface area contributed by atoms with Crippen LogP contribution in [0.3, 0.4) is 0 Å². The van der Waals surface area contributed by atoms with Gasteiger partial charge in [0.2, 0.25) is 0 Å². The predicted octanol–water partition coefficient (Wildman–Crippen LogP) is 4.67. The minimum atomic E-state index is -0.336. The topological polar surface area (TPSA) is 9.23 Å². The van der Waals surface area contributed by atoms with E-state index in [4.69, 9.17) is 16.3 Å². The van der Waals surface area contributed by atoms with Crippen molar-refractivity contribution in [3.63, 3.8) is 0 Å². The zero-order valence-electron chi connectivity index (χ0n) is 9.41. The van der Waals surface area contributed by atoms with Crippen LogP contribution in [0.4, 0.5) is 4.39 Å². The van der Waals surface area contributed by atoms with Crippen LogP contribution >= 0.6 is 11.6 Å². The van der Waals surface area contributed by atoms with Gasteiger partial charge in [0.1, 0.15) is 5.75 Å². The SMILES string of the molecule is Cc1cccc(Oc2ccccc2CCl)c1F. The van der Waals surface area contributed by atoms with Crippen LogP contribution in [0.1, 0.15) is 11.1 Å². The highest BCUT2D eigenvalue weighted by Gasteiger charge is 2.09. The smallest absolute Gasteiger partial charge is 0.168 e. The summed E-state index contributed by atoms with van der Waals surface area (Å²) in [7, 11) is 0. The summed E-state index contributed by atoms with van der Waals surface area (Å²) in [4.78, 5) is 0. The molecule has 0 fully saturated rings. The highest BCUT2D eigenvalue weighted by atomic mass is 35.5. The monoisotopic (exact) mass is 250 g/mol. The van der Waals surface area contributed by atoms with Crippen LogP contribution in [0.5, 0.6) is 11.5 Å². The van der Waals surface area contributed by atoms with Crippen LogP contribution in [0, 0.1) is 12.7 Å². The summed E-state index contributed by atoms with van der Waals surface area (Å²) in [6, 6.07) is 12.4. The number of rotatable bonds is 3. The summed E-state index contributed by atoms with van der Waals surface area (Å²) >= 11 is 5.80. The summed E-state index contributed by atoms with van der Waals surface area (Å²) in [6.45, 7) is 1.70. The molecule has 0 saturated heterocycles. The maximum atomic E-state index is 13.8. The first-order valence-corrected chi connectivity index (χ1v) is 5.82. The maximum Gasteiger partial charge on any atom is 0.168 e. The second kappa shape index (κ2) is 5.19. The zero-order valence-corrected chi connectivity index (χ0v) is 10.2. The first-order chi connectivity index (χ1) is 8.22. The summed E-state index contributed by atoms with van der Waals surface area (Å²) in [5.41, 5.74) is 1.40. The predicted molar refractivity (Wildman–Crippen MR) is 67.2 cm³/mol. The Labute approximate surface area is 105 Å². The Hall–Kier alpha value is -1.54. The minimum Gasteiger partial charge on any atom is -0.454 e. The van der Waals surface area contributed by atoms with Crippen LogP contribution in [0.2, 0.25) is 0 Å². The Kier molecular flexibility index (Phi) is 3.64. The summed E-state index contributed by atoms with van der Waals surface area (Å²) in [5.74, 6) is 0.815. The molecular weight excluding hydrogens is 239 g/mol. The third-order valence-electron chi connectivity index (χ3n) is 2.49. The van der Waals surface area contributed by atoms with E-state index in [1.165, 1.54) is 0 Å². The molecule has 2 aromatic rings. The number of hydrogen-bond donors (Lipinski definition) is 0. The number of ether oxygens (including phenoxy) is 1. The lowest BCUT2D eigenvalue weighted by molar-refractivity contribution is 0.437. The summed E-state index contributed by atoms with van der Waals surface area (Å²) in [5, 5.41) is 0. The summed E-state index contributed by atoms with van der Waals surface area (Å²) in [6.07, 6.45) is 0. The molecule has 0 spiro atoms. The molecule has 88 valence electrons. The van der Waals surface area contributed by atoms with Gasteiger partial charge in [0, 0.05) is 5.56 Å². The van der Waals surface area contributed by atoms with Crippen molar-refractivity contribution < 1.29 is 9.13 Å². The Morgan fingerprint density at radius 3 is 2.53 bits per heavy atom. The van der Waals surface area contributed by atoms with Crippen molar-refractivity contribution in [2.24, 2.45) is 0 Å². The fourth-order valence-electron chi connectivity index (χ4n) is 1.53. The van der Waals surface area contributed by atoms with Crippen molar-refractivity contribution in [1.82, 2.24) is 0 Å². The van der Waals surface area contributed by atoms with Gasteiger partial charge in [-0.05, 0) is 24.6 Å². The molecule has 0 N–H and O–H groups in total. The Bertz CT molecular complexity index is 525. The molecule has 2 aromatic carbocycles. The minimum absolute atomic E-state index is 0.225. The maximum absolute atomic E-state index is 13.8. The second-order valence-electron chi connectivity index (χ2n) is 3.73. The van der Waals surface area contributed by atoms with E-state index in [2.05, 4.69) is 0 Å². The van der Waals surface area contributed by atoms with E-state index in [1.807, 2.05) is 18.2 Å². The van der Waals surface area contributed by atoms with E-state index in [9.17, 15) is 4.39 Å². The van der Waals surface area contributed by atoms with Gasteiger partial charge in [-0.2, -0.15) is 0 Å². The molecule has 17 heavy (non-hydrogen) atoms. The van der Waals surface area contributed by atoms with Crippen molar-refractivity contribution in [3.8, 4) is 11.5 Å². The van der Waals surface area contributed by atoms with Crippen LogP contribution in [-0.2, 0) is 5.88 Å². The Balaban J connectivity index is 2.35. The molecule has 0 radical (unpaired) electrons. The second-order valence-corrected chi connectivity index (χ2v) is 4.00. The van der Waals surface area contributed by atoms with Gasteiger partial charge in [0.25, 0.3) is 0 Å². The van der Waals surface area contributed by atoms with E-state index in [0.717, 1.165) is 5.56 Å². The van der Waals surface area contributed by atoms with Crippen LogP contribution < -0.4 is 4.74 Å². The number of aryl methyl sites for hydroxylation is 1. The van der Waals surface area contributed by atoms with Gasteiger partial charge in [-0.25, -0.2) is 4.39 Å². The van der Waals surface area contributed by atoms with Crippen LogP contribution in [-0.4, -0.2) is 0 Å². The molecule has 0 aromatic heterocycles. The average Bonchev–Trinajstić information content (AvgIpc) is 2.35. The van der Waals surface area contributed by atoms with E-state index < -0.39 is 0 Å². The molecule has 2 rings (SSSR count). The molecular formula is C14H12ClFO. The fourth-order valence-corrected chi connectivity index (χ4v) is 1.75. The lowest BCUT2D eigenvalue weighted by Gasteiger charge is -2.10. The summed E-state index contributed by atoms with van der Waals surface area (Å²) < 4.78 is 19.3. The molecule has 0 bridgehead atoms. The quantitative estimate of drug-likeness (QED) is 0.720. The highest BCUT2D eigenvalue weighted by Crippen LogP contribution is 2.29. The first kappa shape index (κ1) is 11.9. The molecule has 0 aliphatic carbocycles. The number of halogens is 2. The lowest BCUT2D eigenvalue weighted by atomic mass is 10.2. The standard InChI is InChI=1S/C14H12ClFO/c1-10-5-4-8-13(14(10)16)17-12-7-3-2-6-11(12)9-15/h2-8H,9H2,1H3. The van der Waals surface area contributed by atoms with Gasteiger partial charge in [0.15, 0.2) is 11.6 Å². The van der Waals surface area contributed by atoms with Crippen molar-refractivity contribution in [3.05, 3.63) is 59.4 Å². The van der Waals surface area contributed by atoms with E-state index in [1.54, 1.807) is 31.2 Å². The first-order valence-electron chi connectivity index (χ1n) is 5.29. The highest BCUT2D eigenvalue weighted by molar-refractivity contribution is 6.17. The lowest BCUT2D eigenvalue weighted by Crippen LogP contribution is -1.93. The number of alkyl halides is 1. The van der Waals surface area contributed by atoms with E-state index in [-0.39, 0.29) is 11.6 Å². The van der Waals surface area contributed by atoms with Crippen molar-refractivity contribution in [1.29, 1.82) is 0 Å². The third-order valence-corrected chi connectivity index (χ3v) is 2.78. The molecule has 0 heterocycles. The molecule has 3 heteroatoms. The average molecular weight is 251 g/mol. The van der Waals surface area contributed by atoms with Crippen molar-refractivity contribution in [2.75, 3.05) is 0 Å². The molecule has 0 amide bonds. The van der Waals surface area contributed by atoms with Crippen molar-refractivity contribution in [2.45, 2.75) is 12.8 Å². The van der Waals surface area contributed by atoms with Crippen LogP contribution in [0.25, 0.3) is 0 Å². The Morgan fingerprint density at radius 1 is 1.06 bits per heavy atom. The van der Waals surface area contributed by atoms with E-state index in [0.29, 0.717) is 17.2 Å². The normalized spacial score (nSPS) is 10.3. The molecule has 0 saturated carbocycles. The largest absolute Gasteiger partial charge is 0.454 e. The van der Waals surface area contributed by atoms with Crippen LogP contribution in [0.15, 0.2) is 42.5 Å².